The molecule has 12 nitrogen and oxygen atoms in total. The van der Waals surface area contributed by atoms with Crippen LogP contribution < -0.4 is 10.9 Å². The van der Waals surface area contributed by atoms with E-state index in [1.54, 1.807) is 0 Å². The second-order valence-electron chi connectivity index (χ2n) is 5.16. The minimum Gasteiger partial charge on any atom is -0.452 e. The third-order valence-electron chi connectivity index (χ3n) is 3.31. The number of nitro groups is 2. The zero-order valence-corrected chi connectivity index (χ0v) is 14.0. The maximum atomic E-state index is 11.9. The summed E-state index contributed by atoms with van der Waals surface area (Å²) in [4.78, 5) is 55.4. The highest BCUT2D eigenvalue weighted by atomic mass is 16.6. The van der Waals surface area contributed by atoms with Crippen LogP contribution in [0, 0.1) is 20.2 Å². The molecule has 0 saturated carbocycles. The number of hydrogen-bond donors (Lipinski definition) is 2. The number of nitro benzene ring substituents is 2. The van der Waals surface area contributed by atoms with Crippen LogP contribution in [0.4, 0.5) is 11.4 Å². The number of non-ortho nitro benzene ring substituents is 1. The highest BCUT2D eigenvalue weighted by Gasteiger charge is 2.21. The molecule has 2 amide bonds. The van der Waals surface area contributed by atoms with E-state index in [-0.39, 0.29) is 16.8 Å². The number of nitrogens with zero attached hydrogens (tertiary/aromatic N) is 2. The number of hydrogen-bond acceptors (Lipinski definition) is 8. The predicted molar refractivity (Wildman–Crippen MR) is 92.1 cm³/mol. The Labute approximate surface area is 156 Å². The first-order valence-corrected chi connectivity index (χ1v) is 7.53. The van der Waals surface area contributed by atoms with Crippen molar-refractivity contribution in [2.75, 3.05) is 6.61 Å². The fourth-order valence-corrected chi connectivity index (χ4v) is 1.98. The molecule has 0 spiro atoms. The van der Waals surface area contributed by atoms with Gasteiger partial charge in [-0.25, -0.2) is 4.79 Å². The minimum atomic E-state index is -1.08. The molecule has 0 heterocycles. The van der Waals surface area contributed by atoms with Gasteiger partial charge in [-0.05, 0) is 18.2 Å². The summed E-state index contributed by atoms with van der Waals surface area (Å²) in [6.07, 6.45) is 0. The van der Waals surface area contributed by atoms with Crippen LogP contribution in [0.25, 0.3) is 0 Å². The van der Waals surface area contributed by atoms with E-state index in [4.69, 9.17) is 0 Å². The fraction of sp³-hybridized carbons (Fsp3) is 0.0625. The smallest absolute Gasteiger partial charge is 0.345 e. The minimum absolute atomic E-state index is 0.0443. The molecule has 2 aromatic rings. The first kappa shape index (κ1) is 20.0. The molecule has 0 fully saturated rings. The number of carbonyl (C=O) groups is 3. The largest absolute Gasteiger partial charge is 0.452 e. The molecular weight excluding hydrogens is 376 g/mol. The van der Waals surface area contributed by atoms with Crippen LogP contribution in [0.1, 0.15) is 20.7 Å². The number of esters is 1. The van der Waals surface area contributed by atoms with E-state index in [0.29, 0.717) is 0 Å². The van der Waals surface area contributed by atoms with Gasteiger partial charge in [0.25, 0.3) is 23.2 Å². The number of hydrazine groups is 1. The molecule has 2 N–H and O–H groups in total. The summed E-state index contributed by atoms with van der Waals surface area (Å²) in [7, 11) is 0. The maximum absolute atomic E-state index is 11.9. The van der Waals surface area contributed by atoms with Gasteiger partial charge in [0.1, 0.15) is 5.56 Å². The van der Waals surface area contributed by atoms with Crippen molar-refractivity contribution in [1.82, 2.24) is 10.9 Å². The van der Waals surface area contributed by atoms with Gasteiger partial charge in [-0.2, -0.15) is 0 Å². The Hall–Kier alpha value is -4.35. The highest BCUT2D eigenvalue weighted by molar-refractivity contribution is 5.97. The van der Waals surface area contributed by atoms with Crippen LogP contribution in [-0.2, 0) is 9.53 Å². The number of nitrogens with one attached hydrogen (secondary N) is 2. The molecule has 0 saturated heterocycles. The lowest BCUT2D eigenvalue weighted by molar-refractivity contribution is -0.385. The van der Waals surface area contributed by atoms with Crippen molar-refractivity contribution in [2.24, 2.45) is 0 Å². The molecule has 0 aliphatic heterocycles. The van der Waals surface area contributed by atoms with Gasteiger partial charge in [-0.3, -0.25) is 40.7 Å². The Morgan fingerprint density at radius 3 is 2.14 bits per heavy atom. The molecule has 144 valence electrons. The zero-order chi connectivity index (χ0) is 20.7. The van der Waals surface area contributed by atoms with Crippen molar-refractivity contribution < 1.29 is 29.0 Å². The average molecular weight is 388 g/mol. The Kier molecular flexibility index (Phi) is 6.31. The third-order valence-corrected chi connectivity index (χ3v) is 3.31. The molecule has 2 aromatic carbocycles. The van der Waals surface area contributed by atoms with Crippen molar-refractivity contribution in [2.45, 2.75) is 0 Å². The molecule has 0 radical (unpaired) electrons. The molecule has 0 atom stereocenters. The zero-order valence-electron chi connectivity index (χ0n) is 14.0. The van der Waals surface area contributed by atoms with Crippen LogP contribution in [0.2, 0.25) is 0 Å². The number of ether oxygens (including phenoxy) is 1. The molecule has 0 aliphatic carbocycles. The van der Waals surface area contributed by atoms with Gasteiger partial charge in [0, 0.05) is 23.8 Å². The van der Waals surface area contributed by atoms with E-state index < -0.39 is 39.9 Å². The van der Waals surface area contributed by atoms with Crippen molar-refractivity contribution >= 4 is 29.2 Å². The summed E-state index contributed by atoms with van der Waals surface area (Å²) in [5, 5.41) is 21.4. The Morgan fingerprint density at radius 2 is 1.54 bits per heavy atom. The van der Waals surface area contributed by atoms with E-state index in [9.17, 15) is 34.6 Å². The molecule has 0 bridgehead atoms. The SMILES string of the molecule is O=C(COC(=O)c1ccccc1[N+](=O)[O-])NNC(=O)c1ccc([N+](=O)[O-])cc1. The monoisotopic (exact) mass is 388 g/mol. The summed E-state index contributed by atoms with van der Waals surface area (Å²) >= 11 is 0. The van der Waals surface area contributed by atoms with Gasteiger partial charge in [0.05, 0.1) is 9.85 Å². The second-order valence-corrected chi connectivity index (χ2v) is 5.16. The van der Waals surface area contributed by atoms with Gasteiger partial charge < -0.3 is 4.74 Å². The number of amides is 2. The number of benzene rings is 2. The van der Waals surface area contributed by atoms with Crippen LogP contribution in [-0.4, -0.2) is 34.2 Å². The lowest BCUT2D eigenvalue weighted by Gasteiger charge is -2.08. The first-order chi connectivity index (χ1) is 13.3. The lowest BCUT2D eigenvalue weighted by Crippen LogP contribution is -2.43. The maximum Gasteiger partial charge on any atom is 0.345 e. The topological polar surface area (TPSA) is 171 Å². The van der Waals surface area contributed by atoms with E-state index in [0.717, 1.165) is 18.2 Å². The van der Waals surface area contributed by atoms with Crippen molar-refractivity contribution in [1.29, 1.82) is 0 Å². The summed E-state index contributed by atoms with van der Waals surface area (Å²) in [5.74, 6) is -2.74. The van der Waals surface area contributed by atoms with Gasteiger partial charge in [-0.1, -0.05) is 12.1 Å². The third kappa shape index (κ3) is 5.08. The quantitative estimate of drug-likeness (QED) is 0.421. The first-order valence-electron chi connectivity index (χ1n) is 7.53. The van der Waals surface area contributed by atoms with Crippen LogP contribution in [0.5, 0.6) is 0 Å². The van der Waals surface area contributed by atoms with Crippen molar-refractivity contribution in [3.63, 3.8) is 0 Å². The lowest BCUT2D eigenvalue weighted by atomic mass is 10.2. The van der Waals surface area contributed by atoms with Crippen LogP contribution >= 0.6 is 0 Å². The summed E-state index contributed by atoms with van der Waals surface area (Å²) < 4.78 is 4.68. The summed E-state index contributed by atoms with van der Waals surface area (Å²) in [5.41, 5.74) is 3.05. The molecular formula is C16H12N4O8. The Bertz CT molecular complexity index is 942. The molecule has 12 heteroatoms. The van der Waals surface area contributed by atoms with Crippen LogP contribution in [0.15, 0.2) is 48.5 Å². The van der Waals surface area contributed by atoms with Crippen LogP contribution in [0.3, 0.4) is 0 Å². The van der Waals surface area contributed by atoms with Gasteiger partial charge in [-0.15, -0.1) is 0 Å². The molecule has 0 aliphatic rings. The highest BCUT2D eigenvalue weighted by Crippen LogP contribution is 2.18. The van der Waals surface area contributed by atoms with Gasteiger partial charge >= 0.3 is 5.97 Å². The van der Waals surface area contributed by atoms with Crippen molar-refractivity contribution in [3.05, 3.63) is 79.9 Å². The normalized spacial score (nSPS) is 9.86. The molecule has 28 heavy (non-hydrogen) atoms. The predicted octanol–water partition coefficient (Wildman–Crippen LogP) is 1.12. The Balaban J connectivity index is 1.86. The summed E-state index contributed by atoms with van der Waals surface area (Å²) in [6.45, 7) is -0.800. The number of para-hydroxylation sites is 1. The second kappa shape index (κ2) is 8.84. The number of rotatable bonds is 6. The molecule has 0 aromatic heterocycles. The van der Waals surface area contributed by atoms with Crippen molar-refractivity contribution in [3.8, 4) is 0 Å². The van der Waals surface area contributed by atoms with Gasteiger partial charge in [0.2, 0.25) is 0 Å². The number of carbonyl (C=O) groups excluding carboxylic acids is 3. The van der Waals surface area contributed by atoms with E-state index >= 15 is 0 Å². The summed E-state index contributed by atoms with van der Waals surface area (Å²) in [6, 6.07) is 9.66. The molecule has 0 unspecified atom stereocenters. The molecule has 2 rings (SSSR count). The van der Waals surface area contributed by atoms with Gasteiger partial charge in [0.15, 0.2) is 6.61 Å². The Morgan fingerprint density at radius 1 is 0.893 bits per heavy atom. The van der Waals surface area contributed by atoms with E-state index in [2.05, 4.69) is 4.74 Å². The average Bonchev–Trinajstić information content (AvgIpc) is 2.70. The van der Waals surface area contributed by atoms with E-state index in [1.165, 1.54) is 30.3 Å². The standard InChI is InChI=1S/C16H12N4O8/c21-14(9-28-16(23)12-3-1-2-4-13(12)20(26)27)17-18-15(22)10-5-7-11(8-6-10)19(24)25/h1-8H,9H2,(H,17,21)(H,18,22). The van der Waals surface area contributed by atoms with E-state index in [1.807, 2.05) is 10.9 Å². The fourth-order valence-electron chi connectivity index (χ4n) is 1.98.